The standard InChI is InChI=1S/C21H32O3/c1-13(22)24-19-7-6-17-16-5-4-14-12-15(23)8-10-20(14,2)18(16)9-11-21(17,19)3/h14,16-19H,4-12H2,1-3H3/t14-,16-,17+,18-,19-,20-,21+/m0/s1. The Labute approximate surface area is 145 Å². The number of carbonyl (C=O) groups is 2. The average Bonchev–Trinajstić information content (AvgIpc) is 2.84. The third-order valence-electron chi connectivity index (χ3n) is 8.70. The van der Waals surface area contributed by atoms with Gasteiger partial charge in [-0.2, -0.15) is 0 Å². The molecule has 24 heavy (non-hydrogen) atoms. The second-order valence-corrected chi connectivity index (χ2v) is 9.62. The summed E-state index contributed by atoms with van der Waals surface area (Å²) in [6, 6.07) is 0. The van der Waals surface area contributed by atoms with Crippen LogP contribution in [0.5, 0.6) is 0 Å². The molecule has 4 saturated carbocycles. The van der Waals surface area contributed by atoms with Crippen LogP contribution in [0.1, 0.15) is 78.6 Å². The van der Waals surface area contributed by atoms with E-state index in [0.717, 1.165) is 37.5 Å². The van der Waals surface area contributed by atoms with E-state index in [4.69, 9.17) is 4.74 Å². The van der Waals surface area contributed by atoms with Crippen LogP contribution in [-0.4, -0.2) is 17.9 Å². The van der Waals surface area contributed by atoms with Gasteiger partial charge < -0.3 is 4.74 Å². The summed E-state index contributed by atoms with van der Waals surface area (Å²) >= 11 is 0. The fraction of sp³-hybridized carbons (Fsp3) is 0.905. The Balaban J connectivity index is 1.58. The Hall–Kier alpha value is -0.860. The van der Waals surface area contributed by atoms with Gasteiger partial charge in [-0.25, -0.2) is 0 Å². The average molecular weight is 332 g/mol. The quantitative estimate of drug-likeness (QED) is 0.663. The number of hydrogen-bond acceptors (Lipinski definition) is 3. The maximum absolute atomic E-state index is 12.0. The molecule has 0 bridgehead atoms. The highest BCUT2D eigenvalue weighted by molar-refractivity contribution is 5.79. The van der Waals surface area contributed by atoms with Crippen LogP contribution in [0.15, 0.2) is 0 Å². The smallest absolute Gasteiger partial charge is 0.302 e. The summed E-state index contributed by atoms with van der Waals surface area (Å²) in [6.45, 7) is 6.42. The second kappa shape index (κ2) is 5.57. The van der Waals surface area contributed by atoms with E-state index in [2.05, 4.69) is 13.8 Å². The molecular formula is C21H32O3. The molecule has 0 aromatic rings. The molecule has 0 aromatic heterocycles. The van der Waals surface area contributed by atoms with Crippen molar-refractivity contribution < 1.29 is 14.3 Å². The molecule has 0 saturated heterocycles. The SMILES string of the molecule is CC(=O)O[C@H]1CC[C@@H]2[C@@H]3CC[C@H]4CC(=O)CC[C@]4(C)[C@H]3CC[C@@]12C. The highest BCUT2D eigenvalue weighted by atomic mass is 16.5. The Kier molecular flexibility index (Phi) is 3.85. The van der Waals surface area contributed by atoms with Crippen LogP contribution >= 0.6 is 0 Å². The fourth-order valence-electron chi connectivity index (χ4n) is 7.39. The minimum absolute atomic E-state index is 0.120. The van der Waals surface area contributed by atoms with Gasteiger partial charge in [0.1, 0.15) is 11.9 Å². The highest BCUT2D eigenvalue weighted by Gasteiger charge is 2.60. The van der Waals surface area contributed by atoms with E-state index >= 15 is 0 Å². The number of hydrogen-bond donors (Lipinski definition) is 0. The summed E-state index contributed by atoms with van der Waals surface area (Å²) in [5.74, 6) is 3.25. The summed E-state index contributed by atoms with van der Waals surface area (Å²) < 4.78 is 5.73. The molecule has 0 aliphatic heterocycles. The van der Waals surface area contributed by atoms with Gasteiger partial charge in [-0.1, -0.05) is 13.8 Å². The number of ether oxygens (including phenoxy) is 1. The van der Waals surface area contributed by atoms with E-state index in [-0.39, 0.29) is 17.5 Å². The molecule has 0 heterocycles. The van der Waals surface area contributed by atoms with Crippen molar-refractivity contribution in [3.63, 3.8) is 0 Å². The zero-order valence-corrected chi connectivity index (χ0v) is 15.5. The number of esters is 1. The summed E-state index contributed by atoms with van der Waals surface area (Å²) in [7, 11) is 0. The van der Waals surface area contributed by atoms with E-state index in [0.29, 0.717) is 23.0 Å². The van der Waals surface area contributed by atoms with Crippen LogP contribution in [0, 0.1) is 34.5 Å². The summed E-state index contributed by atoms with van der Waals surface area (Å²) in [6.07, 6.45) is 10.1. The number of Topliss-reactive ketones (excluding diaryl/α,β-unsaturated/α-hetero) is 1. The molecule has 0 spiro atoms. The third-order valence-corrected chi connectivity index (χ3v) is 8.70. The molecule has 4 aliphatic carbocycles. The normalized spacial score (nSPS) is 50.6. The van der Waals surface area contributed by atoms with Gasteiger partial charge in [-0.3, -0.25) is 9.59 Å². The minimum atomic E-state index is -0.120. The molecule has 3 heteroatoms. The molecular weight excluding hydrogens is 300 g/mol. The van der Waals surface area contributed by atoms with Crippen molar-refractivity contribution in [1.82, 2.24) is 0 Å². The molecule has 0 aromatic carbocycles. The third kappa shape index (κ3) is 2.29. The van der Waals surface area contributed by atoms with Crippen LogP contribution in [0.25, 0.3) is 0 Å². The fourth-order valence-corrected chi connectivity index (χ4v) is 7.39. The molecule has 3 nitrogen and oxygen atoms in total. The summed E-state index contributed by atoms with van der Waals surface area (Å²) in [4.78, 5) is 23.5. The lowest BCUT2D eigenvalue weighted by atomic mass is 9.45. The Morgan fingerprint density at radius 2 is 1.75 bits per heavy atom. The first-order valence-electron chi connectivity index (χ1n) is 10.0. The summed E-state index contributed by atoms with van der Waals surface area (Å²) in [5, 5.41) is 0. The first kappa shape index (κ1) is 16.6. The first-order valence-corrected chi connectivity index (χ1v) is 10.0. The Morgan fingerprint density at radius 3 is 2.50 bits per heavy atom. The van der Waals surface area contributed by atoms with Gasteiger partial charge in [0.2, 0.25) is 0 Å². The number of carbonyl (C=O) groups excluding carboxylic acids is 2. The predicted octanol–water partition coefficient (Wildman–Crippen LogP) is 4.53. The Morgan fingerprint density at radius 1 is 1.00 bits per heavy atom. The largest absolute Gasteiger partial charge is 0.462 e. The molecule has 0 N–H and O–H groups in total. The lowest BCUT2D eigenvalue weighted by Crippen LogP contribution is -2.54. The van der Waals surface area contributed by atoms with Crippen molar-refractivity contribution in [3.05, 3.63) is 0 Å². The molecule has 4 aliphatic rings. The predicted molar refractivity (Wildman–Crippen MR) is 92.3 cm³/mol. The highest BCUT2D eigenvalue weighted by Crippen LogP contribution is 2.66. The lowest BCUT2D eigenvalue weighted by molar-refractivity contribution is -0.162. The van der Waals surface area contributed by atoms with Gasteiger partial charge in [0.15, 0.2) is 0 Å². The van der Waals surface area contributed by atoms with Crippen LogP contribution in [0.4, 0.5) is 0 Å². The van der Waals surface area contributed by atoms with E-state index in [1.807, 2.05) is 0 Å². The monoisotopic (exact) mass is 332 g/mol. The van der Waals surface area contributed by atoms with E-state index < -0.39 is 0 Å². The van der Waals surface area contributed by atoms with Gasteiger partial charge in [-0.15, -0.1) is 0 Å². The van der Waals surface area contributed by atoms with Crippen LogP contribution in [-0.2, 0) is 14.3 Å². The number of fused-ring (bicyclic) bond motifs is 5. The van der Waals surface area contributed by atoms with E-state index in [9.17, 15) is 9.59 Å². The maximum Gasteiger partial charge on any atom is 0.302 e. The van der Waals surface area contributed by atoms with Crippen LogP contribution < -0.4 is 0 Å². The minimum Gasteiger partial charge on any atom is -0.462 e. The number of ketones is 1. The Bertz CT molecular complexity index is 555. The van der Waals surface area contributed by atoms with Crippen molar-refractivity contribution >= 4 is 11.8 Å². The molecule has 0 unspecified atom stereocenters. The van der Waals surface area contributed by atoms with E-state index in [1.165, 1.54) is 32.1 Å². The lowest BCUT2D eigenvalue weighted by Gasteiger charge is -2.60. The molecule has 7 atom stereocenters. The topological polar surface area (TPSA) is 43.4 Å². The van der Waals surface area contributed by atoms with Crippen LogP contribution in [0.3, 0.4) is 0 Å². The van der Waals surface area contributed by atoms with Crippen molar-refractivity contribution in [3.8, 4) is 0 Å². The maximum atomic E-state index is 12.0. The second-order valence-electron chi connectivity index (χ2n) is 9.62. The van der Waals surface area contributed by atoms with Gasteiger partial charge in [0, 0.05) is 25.2 Å². The van der Waals surface area contributed by atoms with Gasteiger partial charge in [0.25, 0.3) is 0 Å². The van der Waals surface area contributed by atoms with Gasteiger partial charge in [-0.05, 0) is 74.0 Å². The van der Waals surface area contributed by atoms with Crippen molar-refractivity contribution in [2.75, 3.05) is 0 Å². The zero-order valence-electron chi connectivity index (χ0n) is 15.5. The number of rotatable bonds is 1. The first-order chi connectivity index (χ1) is 11.3. The molecule has 0 radical (unpaired) electrons. The molecule has 0 amide bonds. The molecule has 134 valence electrons. The molecule has 4 fully saturated rings. The van der Waals surface area contributed by atoms with Gasteiger partial charge in [0.05, 0.1) is 0 Å². The zero-order chi connectivity index (χ0) is 17.1. The van der Waals surface area contributed by atoms with Crippen LogP contribution in [0.2, 0.25) is 0 Å². The van der Waals surface area contributed by atoms with Crippen molar-refractivity contribution in [2.24, 2.45) is 34.5 Å². The van der Waals surface area contributed by atoms with Gasteiger partial charge >= 0.3 is 5.97 Å². The summed E-state index contributed by atoms with van der Waals surface area (Å²) in [5.41, 5.74) is 0.554. The van der Waals surface area contributed by atoms with Crippen molar-refractivity contribution in [1.29, 1.82) is 0 Å². The molecule has 4 rings (SSSR count). The van der Waals surface area contributed by atoms with Crippen molar-refractivity contribution in [2.45, 2.75) is 84.7 Å². The van der Waals surface area contributed by atoms with E-state index in [1.54, 1.807) is 6.92 Å².